The SMILES string of the molecule is COCCOc1cc(NC(=O)c2cc(Cl)c(N)cc2OC)ccc1OC.Cl. The van der Waals surface area contributed by atoms with Crippen LogP contribution in [-0.4, -0.2) is 40.5 Å². The normalized spacial score (nSPS) is 9.93. The highest BCUT2D eigenvalue weighted by Gasteiger charge is 2.16. The van der Waals surface area contributed by atoms with E-state index in [0.717, 1.165) is 0 Å². The van der Waals surface area contributed by atoms with Gasteiger partial charge < -0.3 is 30.0 Å². The predicted molar refractivity (Wildman–Crippen MR) is 108 cm³/mol. The van der Waals surface area contributed by atoms with Crippen molar-refractivity contribution in [1.29, 1.82) is 0 Å². The maximum atomic E-state index is 12.6. The van der Waals surface area contributed by atoms with Gasteiger partial charge in [0, 0.05) is 24.9 Å². The molecule has 0 heterocycles. The van der Waals surface area contributed by atoms with Crippen molar-refractivity contribution >= 4 is 41.3 Å². The fraction of sp³-hybridized carbons (Fsp3) is 0.278. The van der Waals surface area contributed by atoms with E-state index in [4.69, 9.17) is 36.3 Å². The molecule has 148 valence electrons. The Morgan fingerprint density at radius 3 is 2.37 bits per heavy atom. The molecule has 0 saturated heterocycles. The standard InChI is InChI=1S/C18H21ClN2O5.ClH/c1-23-6-7-26-17-8-11(4-5-15(17)24-2)21-18(22)12-9-13(19)14(20)10-16(12)25-3;/h4-5,8-10H,6-7,20H2,1-3H3,(H,21,22);1H. The van der Waals surface area contributed by atoms with Gasteiger partial charge in [0.25, 0.3) is 5.91 Å². The smallest absolute Gasteiger partial charge is 0.259 e. The maximum Gasteiger partial charge on any atom is 0.259 e. The first kappa shape index (κ1) is 22.7. The summed E-state index contributed by atoms with van der Waals surface area (Å²) in [6, 6.07) is 8.03. The first-order chi connectivity index (χ1) is 12.5. The van der Waals surface area contributed by atoms with Crippen molar-refractivity contribution in [2.45, 2.75) is 0 Å². The molecule has 7 nitrogen and oxygen atoms in total. The van der Waals surface area contributed by atoms with Gasteiger partial charge in [-0.2, -0.15) is 0 Å². The molecule has 0 aliphatic rings. The summed E-state index contributed by atoms with van der Waals surface area (Å²) >= 11 is 6.02. The number of nitrogens with one attached hydrogen (secondary N) is 1. The molecule has 0 aliphatic carbocycles. The molecule has 0 unspecified atom stereocenters. The third-order valence-corrected chi connectivity index (χ3v) is 3.86. The Kier molecular flexibility index (Phi) is 9.00. The summed E-state index contributed by atoms with van der Waals surface area (Å²) in [5, 5.41) is 3.05. The zero-order valence-electron chi connectivity index (χ0n) is 15.2. The fourth-order valence-electron chi connectivity index (χ4n) is 2.22. The summed E-state index contributed by atoms with van der Waals surface area (Å²) in [6.07, 6.45) is 0. The van der Waals surface area contributed by atoms with E-state index in [9.17, 15) is 4.79 Å². The summed E-state index contributed by atoms with van der Waals surface area (Å²) < 4.78 is 21.0. The van der Waals surface area contributed by atoms with Gasteiger partial charge in [-0.15, -0.1) is 12.4 Å². The van der Waals surface area contributed by atoms with E-state index >= 15 is 0 Å². The van der Waals surface area contributed by atoms with Crippen LogP contribution < -0.4 is 25.3 Å². The molecule has 2 rings (SSSR count). The number of hydrogen-bond acceptors (Lipinski definition) is 6. The van der Waals surface area contributed by atoms with E-state index < -0.39 is 5.91 Å². The molecular weight excluding hydrogens is 395 g/mol. The number of hydrogen-bond donors (Lipinski definition) is 2. The van der Waals surface area contributed by atoms with Crippen molar-refractivity contribution in [3.63, 3.8) is 0 Å². The van der Waals surface area contributed by atoms with Crippen LogP contribution in [-0.2, 0) is 4.74 Å². The van der Waals surface area contributed by atoms with Gasteiger partial charge in [0.05, 0.1) is 37.1 Å². The molecule has 0 aliphatic heterocycles. The van der Waals surface area contributed by atoms with Gasteiger partial charge in [-0.1, -0.05) is 11.6 Å². The molecule has 2 aromatic rings. The van der Waals surface area contributed by atoms with Crippen molar-refractivity contribution < 1.29 is 23.7 Å². The summed E-state index contributed by atoms with van der Waals surface area (Å²) in [7, 11) is 4.58. The van der Waals surface area contributed by atoms with E-state index in [1.54, 1.807) is 25.3 Å². The Balaban J connectivity index is 0.00000364. The van der Waals surface area contributed by atoms with Crippen LogP contribution in [0.2, 0.25) is 5.02 Å². The Bertz CT molecular complexity index is 787. The van der Waals surface area contributed by atoms with Gasteiger partial charge in [0.1, 0.15) is 12.4 Å². The number of methoxy groups -OCH3 is 3. The Labute approximate surface area is 169 Å². The van der Waals surface area contributed by atoms with Crippen molar-refractivity contribution in [3.05, 3.63) is 40.9 Å². The lowest BCUT2D eigenvalue weighted by molar-refractivity contribution is 0.102. The summed E-state index contributed by atoms with van der Waals surface area (Å²) in [5.41, 5.74) is 6.87. The van der Waals surface area contributed by atoms with Crippen molar-refractivity contribution in [2.24, 2.45) is 0 Å². The number of anilines is 2. The lowest BCUT2D eigenvalue weighted by Gasteiger charge is -2.14. The lowest BCUT2D eigenvalue weighted by atomic mass is 10.1. The molecule has 2 aromatic carbocycles. The largest absolute Gasteiger partial charge is 0.496 e. The molecule has 3 N–H and O–H groups in total. The molecule has 0 fully saturated rings. The third kappa shape index (κ3) is 5.82. The topological polar surface area (TPSA) is 92.0 Å². The molecule has 0 aromatic heterocycles. The minimum atomic E-state index is -0.392. The van der Waals surface area contributed by atoms with Crippen LogP contribution in [0.25, 0.3) is 0 Å². The average molecular weight is 417 g/mol. The minimum Gasteiger partial charge on any atom is -0.496 e. The van der Waals surface area contributed by atoms with Crippen LogP contribution >= 0.6 is 24.0 Å². The quantitative estimate of drug-likeness (QED) is 0.504. The molecule has 0 bridgehead atoms. The van der Waals surface area contributed by atoms with E-state index in [1.807, 2.05) is 0 Å². The molecule has 1 amide bonds. The summed E-state index contributed by atoms with van der Waals surface area (Å²) in [5.74, 6) is 0.975. The third-order valence-electron chi connectivity index (χ3n) is 3.53. The molecule has 0 atom stereocenters. The van der Waals surface area contributed by atoms with E-state index in [0.29, 0.717) is 41.8 Å². The maximum absolute atomic E-state index is 12.6. The Morgan fingerprint density at radius 1 is 1.04 bits per heavy atom. The van der Waals surface area contributed by atoms with Crippen LogP contribution in [0, 0.1) is 0 Å². The minimum absolute atomic E-state index is 0. The highest BCUT2D eigenvalue weighted by molar-refractivity contribution is 6.33. The summed E-state index contributed by atoms with van der Waals surface area (Å²) in [6.45, 7) is 0.784. The second-order valence-electron chi connectivity index (χ2n) is 5.24. The molecule has 0 spiro atoms. The van der Waals surface area contributed by atoms with Crippen molar-refractivity contribution in [1.82, 2.24) is 0 Å². The van der Waals surface area contributed by atoms with Crippen LogP contribution in [0.4, 0.5) is 11.4 Å². The van der Waals surface area contributed by atoms with Crippen molar-refractivity contribution in [2.75, 3.05) is 45.6 Å². The number of nitrogens with two attached hydrogens (primary N) is 1. The first-order valence-electron chi connectivity index (χ1n) is 7.74. The van der Waals surface area contributed by atoms with Gasteiger partial charge in [0.2, 0.25) is 0 Å². The van der Waals surface area contributed by atoms with E-state index in [2.05, 4.69) is 5.32 Å². The second-order valence-corrected chi connectivity index (χ2v) is 5.64. The molecule has 0 radical (unpaired) electrons. The first-order valence-corrected chi connectivity index (χ1v) is 8.12. The zero-order valence-corrected chi connectivity index (χ0v) is 16.8. The zero-order chi connectivity index (χ0) is 19.1. The predicted octanol–water partition coefficient (Wildman–Crippen LogP) is 3.64. The van der Waals surface area contributed by atoms with Gasteiger partial charge >= 0.3 is 0 Å². The van der Waals surface area contributed by atoms with Gasteiger partial charge in [-0.05, 0) is 18.2 Å². The second kappa shape index (κ2) is 10.7. The van der Waals surface area contributed by atoms with Gasteiger partial charge in [-0.25, -0.2) is 0 Å². The van der Waals surface area contributed by atoms with Crippen LogP contribution in [0.3, 0.4) is 0 Å². The average Bonchev–Trinajstić information content (AvgIpc) is 2.64. The number of amides is 1. The van der Waals surface area contributed by atoms with Crippen LogP contribution in [0.15, 0.2) is 30.3 Å². The fourth-order valence-corrected chi connectivity index (χ4v) is 2.38. The number of carbonyl (C=O) groups excluding carboxylic acids is 1. The monoisotopic (exact) mass is 416 g/mol. The van der Waals surface area contributed by atoms with Crippen molar-refractivity contribution in [3.8, 4) is 17.2 Å². The number of rotatable bonds is 8. The number of benzene rings is 2. The molecule has 9 heteroatoms. The number of nitrogen functional groups attached to an aromatic ring is 1. The number of carbonyl (C=O) groups is 1. The van der Waals surface area contributed by atoms with Crippen LogP contribution in [0.1, 0.15) is 10.4 Å². The van der Waals surface area contributed by atoms with Gasteiger partial charge in [-0.3, -0.25) is 4.79 Å². The Hall–Kier alpha value is -2.35. The van der Waals surface area contributed by atoms with Crippen LogP contribution in [0.5, 0.6) is 17.2 Å². The van der Waals surface area contributed by atoms with Gasteiger partial charge in [0.15, 0.2) is 11.5 Å². The van der Waals surface area contributed by atoms with E-state index in [1.165, 1.54) is 26.4 Å². The van der Waals surface area contributed by atoms with E-state index in [-0.39, 0.29) is 23.0 Å². The molecular formula is C18H22Cl2N2O5. The molecule has 0 saturated carbocycles. The summed E-state index contributed by atoms with van der Waals surface area (Å²) in [4.78, 5) is 12.6. The molecule has 27 heavy (non-hydrogen) atoms. The highest BCUT2D eigenvalue weighted by atomic mass is 35.5. The number of halogens is 2. The number of ether oxygens (including phenoxy) is 4. The lowest BCUT2D eigenvalue weighted by Crippen LogP contribution is -2.14. The highest BCUT2D eigenvalue weighted by Crippen LogP contribution is 2.32. The Morgan fingerprint density at radius 2 is 1.74 bits per heavy atom.